The molecule has 0 bridgehead atoms. The molecule has 4 nitrogen and oxygen atoms in total. The molecule has 0 aromatic rings. The predicted molar refractivity (Wildman–Crippen MR) is 73.0 cm³/mol. The van der Waals surface area contributed by atoms with E-state index in [2.05, 4.69) is 5.32 Å². The summed E-state index contributed by atoms with van der Waals surface area (Å²) in [6.45, 7) is 0. The van der Waals surface area contributed by atoms with Gasteiger partial charge in [-0.05, 0) is 44.9 Å². The fourth-order valence-corrected chi connectivity index (χ4v) is 3.53. The molecule has 0 aliphatic heterocycles. The van der Waals surface area contributed by atoms with Crippen LogP contribution in [0.15, 0.2) is 0 Å². The molecule has 0 aromatic heterocycles. The minimum absolute atomic E-state index is 0.102. The highest BCUT2D eigenvalue weighted by Crippen LogP contribution is 2.40. The average molecular weight is 321 g/mol. The summed E-state index contributed by atoms with van der Waals surface area (Å²) in [5.41, 5.74) is 0. The lowest BCUT2D eigenvalue weighted by atomic mass is 9.80. The van der Waals surface area contributed by atoms with Crippen molar-refractivity contribution in [1.29, 1.82) is 0 Å². The fraction of sp³-hybridized carbons (Fsp3) is 0.867. The van der Waals surface area contributed by atoms with E-state index < -0.39 is 24.0 Å². The summed E-state index contributed by atoms with van der Waals surface area (Å²) in [4.78, 5) is 23.0. The van der Waals surface area contributed by atoms with Crippen LogP contribution in [0.25, 0.3) is 0 Å². The van der Waals surface area contributed by atoms with Crippen LogP contribution in [0, 0.1) is 17.8 Å². The van der Waals surface area contributed by atoms with Crippen LogP contribution in [0.3, 0.4) is 0 Å². The van der Waals surface area contributed by atoms with Crippen molar-refractivity contribution in [2.75, 3.05) is 0 Å². The van der Waals surface area contributed by atoms with Crippen LogP contribution in [0.4, 0.5) is 13.2 Å². The molecule has 0 aromatic carbocycles. The van der Waals surface area contributed by atoms with Crippen LogP contribution in [0.5, 0.6) is 0 Å². The quantitative estimate of drug-likeness (QED) is 0.839. The Morgan fingerprint density at radius 2 is 1.59 bits per heavy atom. The molecule has 2 saturated carbocycles. The molecule has 0 heterocycles. The maximum Gasteiger partial charge on any atom is 0.391 e. The summed E-state index contributed by atoms with van der Waals surface area (Å²) in [7, 11) is 0. The Morgan fingerprint density at radius 3 is 2.14 bits per heavy atom. The molecule has 7 heteroatoms. The van der Waals surface area contributed by atoms with Crippen LogP contribution in [0.2, 0.25) is 0 Å². The number of carbonyl (C=O) groups is 2. The highest BCUT2D eigenvalue weighted by Gasteiger charge is 2.43. The number of rotatable bonds is 3. The molecule has 22 heavy (non-hydrogen) atoms. The lowest BCUT2D eigenvalue weighted by Gasteiger charge is -2.32. The van der Waals surface area contributed by atoms with E-state index in [0.717, 1.165) is 0 Å². The lowest BCUT2D eigenvalue weighted by Crippen LogP contribution is -2.43. The van der Waals surface area contributed by atoms with Gasteiger partial charge in [0.25, 0.3) is 0 Å². The van der Waals surface area contributed by atoms with Gasteiger partial charge in [-0.25, -0.2) is 0 Å². The Balaban J connectivity index is 1.81. The third-order valence-electron chi connectivity index (χ3n) is 4.93. The zero-order valence-corrected chi connectivity index (χ0v) is 12.4. The third-order valence-corrected chi connectivity index (χ3v) is 4.93. The lowest BCUT2D eigenvalue weighted by molar-refractivity contribution is -0.186. The molecule has 126 valence electrons. The van der Waals surface area contributed by atoms with Crippen molar-refractivity contribution in [2.45, 2.75) is 63.6 Å². The standard InChI is InChI=1S/C15H22F3NO3/c16-15(17,18)11-3-1-2-10(8-11)13(20)19-12-6-4-9(5-7-12)14(21)22/h9-12H,1-8H2,(H,19,20)(H,21,22). The van der Waals surface area contributed by atoms with Crippen LogP contribution in [-0.4, -0.2) is 29.2 Å². The summed E-state index contributed by atoms with van der Waals surface area (Å²) in [6.07, 6.45) is -1.13. The Bertz CT molecular complexity index is 417. The Kier molecular flexibility index (Phi) is 5.34. The van der Waals surface area contributed by atoms with Gasteiger partial charge in [0.15, 0.2) is 0 Å². The summed E-state index contributed by atoms with van der Waals surface area (Å²) in [6, 6.07) is -0.102. The monoisotopic (exact) mass is 321 g/mol. The molecular weight excluding hydrogens is 299 g/mol. The number of amides is 1. The fourth-order valence-electron chi connectivity index (χ4n) is 3.53. The van der Waals surface area contributed by atoms with Gasteiger partial charge in [-0.3, -0.25) is 9.59 Å². The summed E-state index contributed by atoms with van der Waals surface area (Å²) in [5, 5.41) is 11.7. The maximum absolute atomic E-state index is 12.8. The first-order valence-corrected chi connectivity index (χ1v) is 7.87. The maximum atomic E-state index is 12.8. The molecule has 2 atom stereocenters. The van der Waals surface area contributed by atoms with Crippen molar-refractivity contribution < 1.29 is 27.9 Å². The van der Waals surface area contributed by atoms with Gasteiger partial charge in [-0.2, -0.15) is 13.2 Å². The van der Waals surface area contributed by atoms with E-state index >= 15 is 0 Å². The number of nitrogens with one attached hydrogen (secondary N) is 1. The number of aliphatic carboxylic acids is 1. The van der Waals surface area contributed by atoms with Gasteiger partial charge in [0.2, 0.25) is 5.91 Å². The van der Waals surface area contributed by atoms with Gasteiger partial charge in [0, 0.05) is 12.0 Å². The van der Waals surface area contributed by atoms with Gasteiger partial charge in [0.1, 0.15) is 0 Å². The van der Waals surface area contributed by atoms with E-state index in [1.165, 1.54) is 0 Å². The van der Waals surface area contributed by atoms with E-state index in [-0.39, 0.29) is 30.7 Å². The highest BCUT2D eigenvalue weighted by molar-refractivity contribution is 5.79. The second-order valence-corrected chi connectivity index (χ2v) is 6.50. The van der Waals surface area contributed by atoms with Gasteiger partial charge in [-0.15, -0.1) is 0 Å². The van der Waals surface area contributed by atoms with Gasteiger partial charge < -0.3 is 10.4 Å². The summed E-state index contributed by atoms with van der Waals surface area (Å²) >= 11 is 0. The average Bonchev–Trinajstić information content (AvgIpc) is 2.47. The minimum atomic E-state index is -4.22. The first kappa shape index (κ1) is 17.1. The van der Waals surface area contributed by atoms with E-state index in [1.54, 1.807) is 0 Å². The van der Waals surface area contributed by atoms with Crippen molar-refractivity contribution in [2.24, 2.45) is 17.8 Å². The Labute approximate surface area is 127 Å². The molecule has 2 aliphatic rings. The molecule has 1 amide bonds. The molecule has 0 radical (unpaired) electrons. The first-order valence-electron chi connectivity index (χ1n) is 7.87. The van der Waals surface area contributed by atoms with Crippen LogP contribution >= 0.6 is 0 Å². The van der Waals surface area contributed by atoms with E-state index in [0.29, 0.717) is 38.5 Å². The number of carboxylic acid groups (broad SMARTS) is 1. The number of carbonyl (C=O) groups excluding carboxylic acids is 1. The van der Waals surface area contributed by atoms with Gasteiger partial charge in [0.05, 0.1) is 11.8 Å². The second kappa shape index (κ2) is 6.87. The van der Waals surface area contributed by atoms with Crippen LogP contribution in [0.1, 0.15) is 51.4 Å². The molecule has 2 N–H and O–H groups in total. The largest absolute Gasteiger partial charge is 0.481 e. The minimum Gasteiger partial charge on any atom is -0.481 e. The molecule has 2 fully saturated rings. The molecule has 2 aliphatic carbocycles. The van der Waals surface area contributed by atoms with Crippen molar-refractivity contribution in [3.63, 3.8) is 0 Å². The summed E-state index contributed by atoms with van der Waals surface area (Å²) in [5.74, 6) is -3.42. The molecule has 0 saturated heterocycles. The molecule has 2 rings (SSSR count). The SMILES string of the molecule is O=C(O)C1CCC(NC(=O)C2CCCC(C(F)(F)F)C2)CC1. The van der Waals surface area contributed by atoms with Gasteiger partial charge >= 0.3 is 12.1 Å². The van der Waals surface area contributed by atoms with E-state index in [9.17, 15) is 22.8 Å². The highest BCUT2D eigenvalue weighted by atomic mass is 19.4. The van der Waals surface area contributed by atoms with Crippen LogP contribution in [-0.2, 0) is 9.59 Å². The summed E-state index contributed by atoms with van der Waals surface area (Å²) < 4.78 is 38.3. The Hall–Kier alpha value is -1.27. The van der Waals surface area contributed by atoms with Crippen molar-refractivity contribution in [1.82, 2.24) is 5.32 Å². The van der Waals surface area contributed by atoms with Crippen molar-refractivity contribution >= 4 is 11.9 Å². The smallest absolute Gasteiger partial charge is 0.391 e. The molecule has 0 spiro atoms. The van der Waals surface area contributed by atoms with Crippen LogP contribution < -0.4 is 5.32 Å². The van der Waals surface area contributed by atoms with E-state index in [4.69, 9.17) is 5.11 Å². The van der Waals surface area contributed by atoms with Crippen molar-refractivity contribution in [3.8, 4) is 0 Å². The van der Waals surface area contributed by atoms with Gasteiger partial charge in [-0.1, -0.05) is 6.42 Å². The predicted octanol–water partition coefficient (Wildman–Crippen LogP) is 3.11. The first-order chi connectivity index (χ1) is 10.3. The number of hydrogen-bond acceptors (Lipinski definition) is 2. The second-order valence-electron chi connectivity index (χ2n) is 6.50. The number of alkyl halides is 3. The zero-order chi connectivity index (χ0) is 16.3. The normalized spacial score (nSPS) is 33.2. The number of carboxylic acids is 1. The van der Waals surface area contributed by atoms with Crippen molar-refractivity contribution in [3.05, 3.63) is 0 Å². The Morgan fingerprint density at radius 1 is 0.955 bits per heavy atom. The molecular formula is C15H22F3NO3. The number of halogens is 3. The zero-order valence-electron chi connectivity index (χ0n) is 12.4. The third kappa shape index (κ3) is 4.36. The molecule has 2 unspecified atom stereocenters. The number of hydrogen-bond donors (Lipinski definition) is 2. The topological polar surface area (TPSA) is 66.4 Å². The van der Waals surface area contributed by atoms with E-state index in [1.807, 2.05) is 0 Å².